The predicted molar refractivity (Wildman–Crippen MR) is 114 cm³/mol. The van der Waals surface area contributed by atoms with Crippen LogP contribution in [0.3, 0.4) is 0 Å². The van der Waals surface area contributed by atoms with Gasteiger partial charge in [0.2, 0.25) is 5.89 Å². The molecule has 0 aliphatic rings. The molecule has 1 heterocycles. The zero-order valence-electron chi connectivity index (χ0n) is 14.0. The van der Waals surface area contributed by atoms with Gasteiger partial charge in [-0.3, -0.25) is 4.79 Å². The molecule has 4 rings (SSSR count). The highest BCUT2D eigenvalue weighted by molar-refractivity contribution is 6.43. The van der Waals surface area contributed by atoms with Crippen LogP contribution >= 0.6 is 46.4 Å². The molecule has 1 aromatic heterocycles. The Morgan fingerprint density at radius 1 is 0.929 bits per heavy atom. The molecule has 0 aliphatic carbocycles. The third-order valence-corrected chi connectivity index (χ3v) is 5.38. The van der Waals surface area contributed by atoms with Crippen molar-refractivity contribution in [3.63, 3.8) is 0 Å². The van der Waals surface area contributed by atoms with Gasteiger partial charge in [-0.15, -0.1) is 0 Å². The SMILES string of the molecule is O=C(Nc1ccc2oc(-c3cccc(Cl)c3Cl)nc2c1)c1cc(Cl)ccc1Cl. The van der Waals surface area contributed by atoms with Crippen LogP contribution in [0.1, 0.15) is 10.4 Å². The molecule has 4 aromatic rings. The fourth-order valence-electron chi connectivity index (χ4n) is 2.66. The number of aromatic nitrogens is 1. The van der Waals surface area contributed by atoms with Crippen molar-refractivity contribution in [1.82, 2.24) is 4.98 Å². The highest BCUT2D eigenvalue weighted by Crippen LogP contribution is 2.35. The van der Waals surface area contributed by atoms with E-state index < -0.39 is 0 Å². The normalized spacial score (nSPS) is 11.0. The average Bonchev–Trinajstić information content (AvgIpc) is 3.09. The van der Waals surface area contributed by atoms with Crippen LogP contribution in [0.4, 0.5) is 5.69 Å². The second-order valence-electron chi connectivity index (χ2n) is 5.88. The van der Waals surface area contributed by atoms with Gasteiger partial charge in [0.25, 0.3) is 5.91 Å². The summed E-state index contributed by atoms with van der Waals surface area (Å²) in [7, 11) is 0. The maximum absolute atomic E-state index is 12.5. The molecule has 0 unspecified atom stereocenters. The number of oxazole rings is 1. The van der Waals surface area contributed by atoms with E-state index in [4.69, 9.17) is 50.8 Å². The largest absolute Gasteiger partial charge is 0.436 e. The summed E-state index contributed by atoms with van der Waals surface area (Å²) in [5.74, 6) is -0.0442. The maximum Gasteiger partial charge on any atom is 0.257 e. The van der Waals surface area contributed by atoms with Crippen LogP contribution < -0.4 is 5.32 Å². The fourth-order valence-corrected chi connectivity index (χ4v) is 3.42. The van der Waals surface area contributed by atoms with Crippen molar-refractivity contribution in [2.75, 3.05) is 5.32 Å². The molecular formula is C20H10Cl4N2O2. The lowest BCUT2D eigenvalue weighted by Gasteiger charge is -2.07. The van der Waals surface area contributed by atoms with Crippen molar-refractivity contribution in [2.45, 2.75) is 0 Å². The van der Waals surface area contributed by atoms with Crippen molar-refractivity contribution >= 4 is 69.1 Å². The van der Waals surface area contributed by atoms with Gasteiger partial charge in [0.15, 0.2) is 5.58 Å². The van der Waals surface area contributed by atoms with Gasteiger partial charge in [-0.1, -0.05) is 52.5 Å². The van der Waals surface area contributed by atoms with E-state index in [1.54, 1.807) is 48.5 Å². The lowest BCUT2D eigenvalue weighted by atomic mass is 10.2. The maximum atomic E-state index is 12.5. The number of benzene rings is 3. The Labute approximate surface area is 180 Å². The van der Waals surface area contributed by atoms with Crippen LogP contribution in [-0.4, -0.2) is 10.9 Å². The van der Waals surface area contributed by atoms with Gasteiger partial charge in [0.05, 0.1) is 26.2 Å². The Bertz CT molecular complexity index is 1220. The van der Waals surface area contributed by atoms with E-state index in [0.717, 1.165) is 0 Å². The number of hydrogen-bond donors (Lipinski definition) is 1. The van der Waals surface area contributed by atoms with Gasteiger partial charge >= 0.3 is 0 Å². The third-order valence-electron chi connectivity index (χ3n) is 4.00. The molecule has 0 atom stereocenters. The molecule has 3 aromatic carbocycles. The highest BCUT2D eigenvalue weighted by atomic mass is 35.5. The van der Waals surface area contributed by atoms with Crippen molar-refractivity contribution in [3.05, 3.63) is 80.3 Å². The van der Waals surface area contributed by atoms with E-state index in [2.05, 4.69) is 10.3 Å². The molecule has 0 radical (unpaired) electrons. The summed E-state index contributed by atoms with van der Waals surface area (Å²) in [5, 5.41) is 4.28. The van der Waals surface area contributed by atoms with Crippen molar-refractivity contribution < 1.29 is 9.21 Å². The zero-order chi connectivity index (χ0) is 19.8. The Hall–Kier alpha value is -2.24. The molecular weight excluding hydrogens is 442 g/mol. The summed E-state index contributed by atoms with van der Waals surface area (Å²) in [6, 6.07) is 15.0. The lowest BCUT2D eigenvalue weighted by Crippen LogP contribution is -2.12. The number of nitrogens with one attached hydrogen (secondary N) is 1. The van der Waals surface area contributed by atoms with Crippen molar-refractivity contribution in [2.24, 2.45) is 0 Å². The van der Waals surface area contributed by atoms with Gasteiger partial charge in [-0.2, -0.15) is 0 Å². The van der Waals surface area contributed by atoms with Gasteiger partial charge in [0.1, 0.15) is 5.52 Å². The van der Waals surface area contributed by atoms with Crippen LogP contribution in [0.5, 0.6) is 0 Å². The lowest BCUT2D eigenvalue weighted by molar-refractivity contribution is 0.102. The fraction of sp³-hybridized carbons (Fsp3) is 0. The molecule has 0 saturated heterocycles. The number of halogens is 4. The predicted octanol–water partition coefficient (Wildman–Crippen LogP) is 7.36. The van der Waals surface area contributed by atoms with Gasteiger partial charge in [-0.25, -0.2) is 4.98 Å². The van der Waals surface area contributed by atoms with Gasteiger partial charge < -0.3 is 9.73 Å². The minimum atomic E-state index is -0.381. The third kappa shape index (κ3) is 3.69. The summed E-state index contributed by atoms with van der Waals surface area (Å²) in [4.78, 5) is 17.0. The number of nitrogens with zero attached hydrogens (tertiary/aromatic N) is 1. The first-order valence-corrected chi connectivity index (χ1v) is 9.55. The van der Waals surface area contributed by atoms with Gasteiger partial charge in [-0.05, 0) is 48.5 Å². The monoisotopic (exact) mass is 450 g/mol. The molecule has 0 bridgehead atoms. The number of fused-ring (bicyclic) bond motifs is 1. The van der Waals surface area contributed by atoms with Crippen molar-refractivity contribution in [1.29, 1.82) is 0 Å². The Morgan fingerprint density at radius 2 is 1.75 bits per heavy atom. The minimum Gasteiger partial charge on any atom is -0.436 e. The van der Waals surface area contributed by atoms with Crippen molar-refractivity contribution in [3.8, 4) is 11.5 Å². The van der Waals surface area contributed by atoms with E-state index >= 15 is 0 Å². The molecule has 28 heavy (non-hydrogen) atoms. The Morgan fingerprint density at radius 3 is 2.57 bits per heavy atom. The molecule has 140 valence electrons. The standard InChI is InChI=1S/C20H10Cl4N2O2/c21-10-4-6-14(22)13(8-10)19(27)25-11-5-7-17-16(9-11)26-20(28-17)12-2-1-3-15(23)18(12)24/h1-9H,(H,25,27). The number of carbonyl (C=O) groups is 1. The van der Waals surface area contributed by atoms with Gasteiger partial charge in [0, 0.05) is 10.7 Å². The summed E-state index contributed by atoms with van der Waals surface area (Å²) >= 11 is 24.3. The molecule has 0 spiro atoms. The summed E-state index contributed by atoms with van der Waals surface area (Å²) in [5.41, 5.74) is 2.50. The molecule has 0 aliphatic heterocycles. The van der Waals surface area contributed by atoms with Crippen LogP contribution in [-0.2, 0) is 0 Å². The molecule has 4 nitrogen and oxygen atoms in total. The summed E-state index contributed by atoms with van der Waals surface area (Å²) < 4.78 is 5.76. The van der Waals surface area contributed by atoms with E-state index in [1.165, 1.54) is 6.07 Å². The first-order chi connectivity index (χ1) is 13.4. The number of anilines is 1. The smallest absolute Gasteiger partial charge is 0.257 e. The van der Waals surface area contributed by atoms with Crippen LogP contribution in [0.15, 0.2) is 59.0 Å². The Kier molecular flexibility index (Phi) is 5.21. The van der Waals surface area contributed by atoms with E-state index in [9.17, 15) is 4.79 Å². The van der Waals surface area contributed by atoms with E-state index in [1.807, 2.05) is 0 Å². The highest BCUT2D eigenvalue weighted by Gasteiger charge is 2.15. The first kappa shape index (κ1) is 19.1. The van der Waals surface area contributed by atoms with Crippen LogP contribution in [0, 0.1) is 0 Å². The minimum absolute atomic E-state index is 0.279. The molecule has 1 N–H and O–H groups in total. The van der Waals surface area contributed by atoms with E-state index in [0.29, 0.717) is 48.3 Å². The number of amides is 1. The second-order valence-corrected chi connectivity index (χ2v) is 7.51. The Balaban J connectivity index is 1.66. The molecule has 8 heteroatoms. The summed E-state index contributed by atoms with van der Waals surface area (Å²) in [6.07, 6.45) is 0. The quantitative estimate of drug-likeness (QED) is 0.354. The molecule has 1 amide bonds. The number of hydrogen-bond acceptors (Lipinski definition) is 3. The van der Waals surface area contributed by atoms with Crippen LogP contribution in [0.2, 0.25) is 20.1 Å². The second kappa shape index (κ2) is 7.64. The molecule has 0 fully saturated rings. The average molecular weight is 452 g/mol. The zero-order valence-corrected chi connectivity index (χ0v) is 17.0. The topological polar surface area (TPSA) is 55.1 Å². The van der Waals surface area contributed by atoms with Crippen LogP contribution in [0.25, 0.3) is 22.6 Å². The first-order valence-electron chi connectivity index (χ1n) is 8.04. The number of carbonyl (C=O) groups excluding carboxylic acids is 1. The number of rotatable bonds is 3. The van der Waals surface area contributed by atoms with E-state index in [-0.39, 0.29) is 11.5 Å². The molecule has 0 saturated carbocycles. The summed E-state index contributed by atoms with van der Waals surface area (Å²) in [6.45, 7) is 0.